The quantitative estimate of drug-likeness (QED) is 0.723. The lowest BCUT2D eigenvalue weighted by Crippen LogP contribution is -2.32. The van der Waals surface area contributed by atoms with E-state index in [2.05, 4.69) is 12.2 Å². The highest BCUT2D eigenvalue weighted by atomic mass is 16.5. The molecule has 4 heteroatoms. The van der Waals surface area contributed by atoms with Gasteiger partial charge in [-0.05, 0) is 39.7 Å². The number of likely N-dealkylation sites (N-methyl/N-ethyl adjacent to an activating group) is 1. The van der Waals surface area contributed by atoms with Gasteiger partial charge >= 0.3 is 5.97 Å². The molecule has 0 aromatic carbocycles. The Labute approximate surface area is 97.7 Å². The maximum absolute atomic E-state index is 11.3. The fourth-order valence-electron chi connectivity index (χ4n) is 2.00. The van der Waals surface area contributed by atoms with Crippen molar-refractivity contribution in [3.05, 3.63) is 0 Å². The van der Waals surface area contributed by atoms with Crippen LogP contribution in [0, 0.1) is 5.92 Å². The Kier molecular flexibility index (Phi) is 5.77. The molecule has 0 heterocycles. The second kappa shape index (κ2) is 6.86. The number of methoxy groups -OCH3 is 1. The normalized spacial score (nSPS) is 27.4. The van der Waals surface area contributed by atoms with Crippen molar-refractivity contribution in [2.75, 3.05) is 20.8 Å². The SMILES string of the molecule is CN[C@@H](C)COC1CCC(C(=O)OC)CC1. The van der Waals surface area contributed by atoms with Crippen molar-refractivity contribution in [1.82, 2.24) is 5.32 Å². The minimum atomic E-state index is -0.0676. The van der Waals surface area contributed by atoms with Crippen LogP contribution in [0.1, 0.15) is 32.6 Å². The fraction of sp³-hybridized carbons (Fsp3) is 0.917. The first kappa shape index (κ1) is 13.5. The van der Waals surface area contributed by atoms with Crippen molar-refractivity contribution in [3.8, 4) is 0 Å². The first-order valence-corrected chi connectivity index (χ1v) is 6.04. The van der Waals surface area contributed by atoms with Crippen molar-refractivity contribution in [2.45, 2.75) is 44.8 Å². The summed E-state index contributed by atoms with van der Waals surface area (Å²) in [5.41, 5.74) is 0. The molecule has 0 spiro atoms. The Balaban J connectivity index is 2.19. The summed E-state index contributed by atoms with van der Waals surface area (Å²) in [5, 5.41) is 3.14. The van der Waals surface area contributed by atoms with Gasteiger partial charge in [0.2, 0.25) is 0 Å². The van der Waals surface area contributed by atoms with Crippen molar-refractivity contribution in [2.24, 2.45) is 5.92 Å². The van der Waals surface area contributed by atoms with Crippen LogP contribution in [0.2, 0.25) is 0 Å². The van der Waals surface area contributed by atoms with Crippen molar-refractivity contribution in [1.29, 1.82) is 0 Å². The molecule has 1 aliphatic carbocycles. The highest BCUT2D eigenvalue weighted by Gasteiger charge is 2.27. The first-order chi connectivity index (χ1) is 7.67. The van der Waals surface area contributed by atoms with Crippen LogP contribution in [0.3, 0.4) is 0 Å². The Morgan fingerprint density at radius 3 is 2.50 bits per heavy atom. The lowest BCUT2D eigenvalue weighted by Gasteiger charge is -2.27. The van der Waals surface area contributed by atoms with E-state index in [0.717, 1.165) is 32.3 Å². The summed E-state index contributed by atoms with van der Waals surface area (Å²) >= 11 is 0. The van der Waals surface area contributed by atoms with E-state index in [1.54, 1.807) is 0 Å². The van der Waals surface area contributed by atoms with E-state index in [-0.39, 0.29) is 11.9 Å². The molecule has 0 radical (unpaired) electrons. The molecular formula is C12H23NO3. The summed E-state index contributed by atoms with van der Waals surface area (Å²) in [6.45, 7) is 2.84. The van der Waals surface area contributed by atoms with Gasteiger partial charge < -0.3 is 14.8 Å². The van der Waals surface area contributed by atoms with E-state index < -0.39 is 0 Å². The average molecular weight is 229 g/mol. The van der Waals surface area contributed by atoms with Crippen LogP contribution in [0.25, 0.3) is 0 Å². The van der Waals surface area contributed by atoms with Crippen LogP contribution in [-0.2, 0) is 14.3 Å². The number of ether oxygens (including phenoxy) is 2. The predicted octanol–water partition coefficient (Wildman–Crippen LogP) is 1.34. The number of hydrogen-bond donors (Lipinski definition) is 1. The van der Waals surface area contributed by atoms with Gasteiger partial charge in [-0.2, -0.15) is 0 Å². The second-order valence-corrected chi connectivity index (χ2v) is 4.52. The Bertz CT molecular complexity index is 212. The summed E-state index contributed by atoms with van der Waals surface area (Å²) in [6.07, 6.45) is 4.04. The topological polar surface area (TPSA) is 47.6 Å². The van der Waals surface area contributed by atoms with Crippen molar-refractivity contribution >= 4 is 5.97 Å². The average Bonchev–Trinajstić information content (AvgIpc) is 2.35. The largest absolute Gasteiger partial charge is 0.469 e. The molecule has 0 amide bonds. The number of nitrogens with one attached hydrogen (secondary N) is 1. The molecule has 16 heavy (non-hydrogen) atoms. The van der Waals surface area contributed by atoms with E-state index in [0.29, 0.717) is 12.1 Å². The molecule has 0 aliphatic heterocycles. The van der Waals surface area contributed by atoms with Crippen LogP contribution in [0.5, 0.6) is 0 Å². The lowest BCUT2D eigenvalue weighted by molar-refractivity contribution is -0.147. The van der Waals surface area contributed by atoms with Gasteiger partial charge in [0.1, 0.15) is 0 Å². The Morgan fingerprint density at radius 2 is 2.00 bits per heavy atom. The van der Waals surface area contributed by atoms with Gasteiger partial charge in [0.15, 0.2) is 0 Å². The summed E-state index contributed by atoms with van der Waals surface area (Å²) in [4.78, 5) is 11.3. The Morgan fingerprint density at radius 1 is 1.38 bits per heavy atom. The predicted molar refractivity (Wildman–Crippen MR) is 62.2 cm³/mol. The van der Waals surface area contributed by atoms with E-state index in [1.807, 2.05) is 7.05 Å². The third-order valence-corrected chi connectivity index (χ3v) is 3.28. The van der Waals surface area contributed by atoms with Crippen LogP contribution in [0.15, 0.2) is 0 Å². The van der Waals surface area contributed by atoms with Crippen LogP contribution >= 0.6 is 0 Å². The van der Waals surface area contributed by atoms with Gasteiger partial charge in [-0.1, -0.05) is 0 Å². The third kappa shape index (κ3) is 4.10. The molecule has 1 fully saturated rings. The second-order valence-electron chi connectivity index (χ2n) is 4.52. The van der Waals surface area contributed by atoms with Gasteiger partial charge in [0.05, 0.1) is 25.7 Å². The van der Waals surface area contributed by atoms with Gasteiger partial charge in [-0.3, -0.25) is 4.79 Å². The molecule has 1 rings (SSSR count). The highest BCUT2D eigenvalue weighted by molar-refractivity contribution is 5.72. The monoisotopic (exact) mass is 229 g/mol. The minimum absolute atomic E-state index is 0.0676. The number of hydrogen-bond acceptors (Lipinski definition) is 4. The highest BCUT2D eigenvalue weighted by Crippen LogP contribution is 2.27. The summed E-state index contributed by atoms with van der Waals surface area (Å²) in [5.74, 6) is 0.0219. The molecular weight excluding hydrogens is 206 g/mol. The molecule has 0 aromatic rings. The first-order valence-electron chi connectivity index (χ1n) is 6.04. The van der Waals surface area contributed by atoms with Crippen molar-refractivity contribution < 1.29 is 14.3 Å². The molecule has 4 nitrogen and oxygen atoms in total. The number of rotatable bonds is 5. The van der Waals surface area contributed by atoms with Crippen LogP contribution in [0.4, 0.5) is 0 Å². The van der Waals surface area contributed by atoms with Crippen LogP contribution < -0.4 is 5.32 Å². The maximum atomic E-state index is 11.3. The number of carbonyl (C=O) groups excluding carboxylic acids is 1. The van der Waals surface area contributed by atoms with Gasteiger partial charge in [-0.25, -0.2) is 0 Å². The molecule has 0 saturated heterocycles. The minimum Gasteiger partial charge on any atom is -0.469 e. The van der Waals surface area contributed by atoms with E-state index >= 15 is 0 Å². The number of carbonyl (C=O) groups is 1. The Hall–Kier alpha value is -0.610. The van der Waals surface area contributed by atoms with Gasteiger partial charge in [0.25, 0.3) is 0 Å². The van der Waals surface area contributed by atoms with E-state index in [4.69, 9.17) is 9.47 Å². The molecule has 0 aromatic heterocycles. The smallest absolute Gasteiger partial charge is 0.308 e. The van der Waals surface area contributed by atoms with Gasteiger partial charge in [-0.15, -0.1) is 0 Å². The van der Waals surface area contributed by atoms with Crippen LogP contribution in [-0.4, -0.2) is 38.9 Å². The van der Waals surface area contributed by atoms with E-state index in [1.165, 1.54) is 7.11 Å². The van der Waals surface area contributed by atoms with Crippen molar-refractivity contribution in [3.63, 3.8) is 0 Å². The summed E-state index contributed by atoms with van der Waals surface area (Å²) in [6, 6.07) is 0.387. The maximum Gasteiger partial charge on any atom is 0.308 e. The molecule has 0 bridgehead atoms. The summed E-state index contributed by atoms with van der Waals surface area (Å²) in [7, 11) is 3.39. The molecule has 0 unspecified atom stereocenters. The molecule has 1 saturated carbocycles. The third-order valence-electron chi connectivity index (χ3n) is 3.28. The number of esters is 1. The molecule has 94 valence electrons. The standard InChI is InChI=1S/C12H23NO3/c1-9(13-2)8-16-11-6-4-10(5-7-11)12(14)15-3/h9-11,13H,4-8H2,1-3H3/t9-,10?,11?/m0/s1. The fourth-order valence-corrected chi connectivity index (χ4v) is 2.00. The lowest BCUT2D eigenvalue weighted by atomic mass is 9.87. The summed E-state index contributed by atoms with van der Waals surface area (Å²) < 4.78 is 10.5. The zero-order chi connectivity index (χ0) is 12.0. The van der Waals surface area contributed by atoms with E-state index in [9.17, 15) is 4.79 Å². The zero-order valence-corrected chi connectivity index (χ0v) is 10.5. The molecule has 1 aliphatic rings. The zero-order valence-electron chi connectivity index (χ0n) is 10.5. The molecule has 1 N–H and O–H groups in total. The molecule has 1 atom stereocenters. The van der Waals surface area contributed by atoms with Gasteiger partial charge in [0, 0.05) is 6.04 Å².